The second kappa shape index (κ2) is 6.36. The summed E-state index contributed by atoms with van der Waals surface area (Å²) < 4.78 is 1.62. The third-order valence-electron chi connectivity index (χ3n) is 3.11. The molecular formula is C15H10Cl2N4O2. The Morgan fingerprint density at radius 2 is 2.04 bits per heavy atom. The molecule has 0 aliphatic heterocycles. The summed E-state index contributed by atoms with van der Waals surface area (Å²) in [6.07, 6.45) is 5.48. The van der Waals surface area contributed by atoms with Gasteiger partial charge in [-0.2, -0.15) is 5.10 Å². The van der Waals surface area contributed by atoms with Crippen molar-refractivity contribution in [1.29, 1.82) is 0 Å². The van der Waals surface area contributed by atoms with Crippen molar-refractivity contribution < 1.29 is 9.90 Å². The van der Waals surface area contributed by atoms with Gasteiger partial charge < -0.3 is 5.11 Å². The molecule has 0 aliphatic rings. The van der Waals surface area contributed by atoms with E-state index in [1.807, 2.05) is 0 Å². The van der Waals surface area contributed by atoms with E-state index >= 15 is 0 Å². The van der Waals surface area contributed by atoms with Crippen LogP contribution in [0.1, 0.15) is 11.3 Å². The van der Waals surface area contributed by atoms with E-state index in [9.17, 15) is 4.79 Å². The van der Waals surface area contributed by atoms with Crippen molar-refractivity contribution in [1.82, 2.24) is 19.7 Å². The predicted octanol–water partition coefficient (Wildman–Crippen LogP) is 3.28. The molecule has 3 aromatic rings. The fourth-order valence-corrected chi connectivity index (χ4v) is 2.58. The number of hydrogen-bond acceptors (Lipinski definition) is 4. The van der Waals surface area contributed by atoms with E-state index in [1.54, 1.807) is 29.1 Å². The van der Waals surface area contributed by atoms with Crippen LogP contribution in [0.3, 0.4) is 0 Å². The summed E-state index contributed by atoms with van der Waals surface area (Å²) in [7, 11) is 0. The summed E-state index contributed by atoms with van der Waals surface area (Å²) in [6.45, 7) is 0.367. The van der Waals surface area contributed by atoms with Gasteiger partial charge >= 0.3 is 5.97 Å². The lowest BCUT2D eigenvalue weighted by atomic mass is 10.2. The lowest BCUT2D eigenvalue weighted by Gasteiger charge is -2.05. The molecule has 0 atom stereocenters. The number of benzene rings is 1. The molecule has 8 heteroatoms. The van der Waals surface area contributed by atoms with Crippen LogP contribution in [0.5, 0.6) is 0 Å². The third-order valence-corrected chi connectivity index (χ3v) is 3.70. The first-order chi connectivity index (χ1) is 11.0. The standard InChI is InChI=1S/C15H10Cl2N4O2/c16-10-2-1-9(11(17)7-10)8-21-15-14(18-5-6-19-15)12(20-21)3-4-13(22)23/h1-7H,8H2,(H,22,23)/b4-3+. The molecule has 0 aliphatic carbocycles. The van der Waals surface area contributed by atoms with Crippen LogP contribution < -0.4 is 0 Å². The van der Waals surface area contributed by atoms with E-state index in [-0.39, 0.29) is 0 Å². The predicted molar refractivity (Wildman–Crippen MR) is 87.6 cm³/mol. The second-order valence-electron chi connectivity index (χ2n) is 4.68. The average Bonchev–Trinajstić information content (AvgIpc) is 2.86. The van der Waals surface area contributed by atoms with Gasteiger partial charge in [0.1, 0.15) is 11.2 Å². The molecule has 1 aromatic carbocycles. The smallest absolute Gasteiger partial charge is 0.328 e. The molecule has 1 N–H and O–H groups in total. The van der Waals surface area contributed by atoms with Gasteiger partial charge in [-0.1, -0.05) is 29.3 Å². The van der Waals surface area contributed by atoms with Crippen molar-refractivity contribution in [2.75, 3.05) is 0 Å². The Morgan fingerprint density at radius 3 is 2.78 bits per heavy atom. The number of carboxylic acid groups (broad SMARTS) is 1. The maximum Gasteiger partial charge on any atom is 0.328 e. The molecule has 0 saturated carbocycles. The van der Waals surface area contributed by atoms with Crippen LogP contribution in [-0.2, 0) is 11.3 Å². The second-order valence-corrected chi connectivity index (χ2v) is 5.52. The number of aliphatic carboxylic acids is 1. The molecule has 0 unspecified atom stereocenters. The highest BCUT2D eigenvalue weighted by molar-refractivity contribution is 6.35. The Hall–Kier alpha value is -2.44. The van der Waals surface area contributed by atoms with Gasteiger partial charge in [-0.15, -0.1) is 0 Å². The molecule has 116 valence electrons. The normalized spacial score (nSPS) is 11.4. The maximum absolute atomic E-state index is 10.7. The highest BCUT2D eigenvalue weighted by atomic mass is 35.5. The van der Waals surface area contributed by atoms with Crippen molar-refractivity contribution in [2.45, 2.75) is 6.54 Å². The van der Waals surface area contributed by atoms with E-state index in [2.05, 4.69) is 15.1 Å². The molecule has 0 amide bonds. The molecule has 0 saturated heterocycles. The van der Waals surface area contributed by atoms with E-state index in [0.717, 1.165) is 11.6 Å². The summed E-state index contributed by atoms with van der Waals surface area (Å²) in [5.41, 5.74) is 2.32. The summed E-state index contributed by atoms with van der Waals surface area (Å²) in [6, 6.07) is 5.20. The Kier molecular flexibility index (Phi) is 4.27. The number of hydrogen-bond donors (Lipinski definition) is 1. The van der Waals surface area contributed by atoms with Crippen molar-refractivity contribution in [3.8, 4) is 0 Å². The van der Waals surface area contributed by atoms with Gasteiger partial charge in [0, 0.05) is 28.5 Å². The van der Waals surface area contributed by atoms with Crippen LogP contribution in [0.25, 0.3) is 17.2 Å². The Balaban J connectivity index is 2.05. The fraction of sp³-hybridized carbons (Fsp3) is 0.0667. The third kappa shape index (κ3) is 3.33. The zero-order valence-electron chi connectivity index (χ0n) is 11.6. The van der Waals surface area contributed by atoms with Crippen molar-refractivity contribution in [2.24, 2.45) is 0 Å². The van der Waals surface area contributed by atoms with E-state index < -0.39 is 5.97 Å². The number of carbonyl (C=O) groups is 1. The topological polar surface area (TPSA) is 80.9 Å². The van der Waals surface area contributed by atoms with Gasteiger partial charge in [0.15, 0.2) is 5.65 Å². The molecule has 0 fully saturated rings. The summed E-state index contributed by atoms with van der Waals surface area (Å²) >= 11 is 12.1. The van der Waals surface area contributed by atoms with Gasteiger partial charge in [-0.3, -0.25) is 0 Å². The van der Waals surface area contributed by atoms with Crippen molar-refractivity contribution in [3.05, 3.63) is 58.0 Å². The zero-order chi connectivity index (χ0) is 16.4. The first-order valence-electron chi connectivity index (χ1n) is 6.57. The molecule has 2 heterocycles. The molecule has 23 heavy (non-hydrogen) atoms. The number of fused-ring (bicyclic) bond motifs is 1. The van der Waals surface area contributed by atoms with Crippen LogP contribution in [-0.4, -0.2) is 30.8 Å². The number of halogens is 2. The van der Waals surface area contributed by atoms with Gasteiger partial charge in [0.2, 0.25) is 0 Å². The Morgan fingerprint density at radius 1 is 1.26 bits per heavy atom. The van der Waals surface area contributed by atoms with Crippen LogP contribution in [0, 0.1) is 0 Å². The minimum Gasteiger partial charge on any atom is -0.478 e. The number of nitrogens with zero attached hydrogens (tertiary/aromatic N) is 4. The van der Waals surface area contributed by atoms with E-state index in [1.165, 1.54) is 12.3 Å². The van der Waals surface area contributed by atoms with Gasteiger partial charge in [-0.25, -0.2) is 19.4 Å². The molecule has 0 bridgehead atoms. The first kappa shape index (κ1) is 15.5. The van der Waals surface area contributed by atoms with Crippen LogP contribution in [0.15, 0.2) is 36.7 Å². The molecule has 0 radical (unpaired) electrons. The first-order valence-corrected chi connectivity index (χ1v) is 7.32. The minimum atomic E-state index is -1.06. The summed E-state index contributed by atoms with van der Waals surface area (Å²) in [5, 5.41) is 14.2. The summed E-state index contributed by atoms with van der Waals surface area (Å²) in [4.78, 5) is 19.2. The molecule has 3 rings (SSSR count). The SMILES string of the molecule is O=C(O)/C=C/c1nn(Cc2ccc(Cl)cc2Cl)c2nccnc12. The molecule has 6 nitrogen and oxygen atoms in total. The maximum atomic E-state index is 10.7. The van der Waals surface area contributed by atoms with E-state index in [0.29, 0.717) is 33.4 Å². The molecular weight excluding hydrogens is 339 g/mol. The van der Waals surface area contributed by atoms with Crippen LogP contribution in [0.2, 0.25) is 10.0 Å². The Bertz CT molecular complexity index is 921. The molecule has 0 spiro atoms. The zero-order valence-corrected chi connectivity index (χ0v) is 13.2. The quantitative estimate of drug-likeness (QED) is 0.731. The van der Waals surface area contributed by atoms with Crippen molar-refractivity contribution in [3.63, 3.8) is 0 Å². The number of carboxylic acids is 1. The van der Waals surface area contributed by atoms with Gasteiger partial charge in [0.05, 0.1) is 6.54 Å². The van der Waals surface area contributed by atoms with Gasteiger partial charge in [0.25, 0.3) is 0 Å². The lowest BCUT2D eigenvalue weighted by molar-refractivity contribution is -0.131. The average molecular weight is 349 g/mol. The summed E-state index contributed by atoms with van der Waals surface area (Å²) in [5.74, 6) is -1.06. The minimum absolute atomic E-state index is 0.367. The van der Waals surface area contributed by atoms with Gasteiger partial charge in [-0.05, 0) is 23.8 Å². The highest BCUT2D eigenvalue weighted by Gasteiger charge is 2.12. The number of aromatic nitrogens is 4. The monoisotopic (exact) mass is 348 g/mol. The van der Waals surface area contributed by atoms with Crippen LogP contribution in [0.4, 0.5) is 0 Å². The van der Waals surface area contributed by atoms with Crippen LogP contribution >= 0.6 is 23.2 Å². The largest absolute Gasteiger partial charge is 0.478 e. The molecule has 2 aromatic heterocycles. The fourth-order valence-electron chi connectivity index (χ4n) is 2.11. The van der Waals surface area contributed by atoms with Crippen molar-refractivity contribution >= 4 is 46.4 Å². The highest BCUT2D eigenvalue weighted by Crippen LogP contribution is 2.23. The van der Waals surface area contributed by atoms with E-state index in [4.69, 9.17) is 28.3 Å². The Labute approximate surface area is 141 Å². The number of rotatable bonds is 4. The lowest BCUT2D eigenvalue weighted by Crippen LogP contribution is -2.03.